The summed E-state index contributed by atoms with van der Waals surface area (Å²) in [4.78, 5) is 5.41. The Morgan fingerprint density at radius 2 is 2.45 bits per heavy atom. The third-order valence-corrected chi connectivity index (χ3v) is 2.43. The highest BCUT2D eigenvalue weighted by Gasteiger charge is 2.05. The second-order valence-electron chi connectivity index (χ2n) is 2.35. The van der Waals surface area contributed by atoms with Crippen LogP contribution in [0.5, 0.6) is 0 Å². The predicted molar refractivity (Wildman–Crippen MR) is 47.4 cm³/mol. The number of aromatic nitrogens is 2. The molecule has 0 radical (unpaired) electrons. The summed E-state index contributed by atoms with van der Waals surface area (Å²) in [6.07, 6.45) is 2.02. The number of thiazole rings is 1. The lowest BCUT2D eigenvalue weighted by molar-refractivity contribution is 1.20. The molecule has 0 atom stereocenters. The molecule has 0 fully saturated rings. The number of rotatable bonds is 1. The van der Waals surface area contributed by atoms with Gasteiger partial charge >= 0.3 is 0 Å². The van der Waals surface area contributed by atoms with E-state index in [4.69, 9.17) is 0 Å². The van der Waals surface area contributed by atoms with E-state index in [1.165, 1.54) is 0 Å². The van der Waals surface area contributed by atoms with Crippen LogP contribution >= 0.6 is 11.3 Å². The number of fused-ring (bicyclic) bond motifs is 1. The van der Waals surface area contributed by atoms with Crippen LogP contribution in [-0.4, -0.2) is 16.4 Å². The van der Waals surface area contributed by atoms with E-state index in [1.54, 1.807) is 11.3 Å². The normalized spacial score (nSPS) is 10.7. The van der Waals surface area contributed by atoms with Crippen molar-refractivity contribution in [3.05, 3.63) is 17.3 Å². The zero-order valence-corrected chi connectivity index (χ0v) is 7.27. The predicted octanol–water partition coefficient (Wildman–Crippen LogP) is 1.75. The molecule has 1 N–H and O–H groups in total. The molecular formula is C7H9N3S. The van der Waals surface area contributed by atoms with E-state index >= 15 is 0 Å². The van der Waals surface area contributed by atoms with Crippen LogP contribution in [-0.2, 0) is 0 Å². The molecule has 0 bridgehead atoms. The smallest absolute Gasteiger partial charge is 0.195 e. The maximum atomic E-state index is 4.36. The van der Waals surface area contributed by atoms with Crippen molar-refractivity contribution in [1.82, 2.24) is 9.38 Å². The Kier molecular flexibility index (Phi) is 1.35. The van der Waals surface area contributed by atoms with Crippen LogP contribution in [0.4, 0.5) is 5.82 Å². The summed E-state index contributed by atoms with van der Waals surface area (Å²) in [6.45, 7) is 2.01. The highest BCUT2D eigenvalue weighted by Crippen LogP contribution is 2.19. The van der Waals surface area contributed by atoms with Gasteiger partial charge in [-0.3, -0.25) is 4.40 Å². The van der Waals surface area contributed by atoms with Gasteiger partial charge in [0.05, 0.1) is 5.69 Å². The fraction of sp³-hybridized carbons (Fsp3) is 0.286. The minimum absolute atomic E-state index is 1.05. The van der Waals surface area contributed by atoms with Crippen LogP contribution in [0, 0.1) is 6.92 Å². The fourth-order valence-electron chi connectivity index (χ4n) is 1.20. The van der Waals surface area contributed by atoms with Crippen molar-refractivity contribution in [2.24, 2.45) is 0 Å². The van der Waals surface area contributed by atoms with Gasteiger partial charge in [0.15, 0.2) is 4.96 Å². The molecule has 0 aliphatic carbocycles. The van der Waals surface area contributed by atoms with Crippen molar-refractivity contribution >= 4 is 22.1 Å². The second-order valence-corrected chi connectivity index (χ2v) is 3.22. The number of hydrogen-bond acceptors (Lipinski definition) is 3. The van der Waals surface area contributed by atoms with Gasteiger partial charge in [0, 0.05) is 18.6 Å². The molecule has 0 spiro atoms. The maximum absolute atomic E-state index is 4.36. The van der Waals surface area contributed by atoms with Gasteiger partial charge in [-0.05, 0) is 6.92 Å². The van der Waals surface area contributed by atoms with Gasteiger partial charge in [-0.15, -0.1) is 11.3 Å². The summed E-state index contributed by atoms with van der Waals surface area (Å²) in [7, 11) is 1.91. The monoisotopic (exact) mass is 167 g/mol. The van der Waals surface area contributed by atoms with Crippen molar-refractivity contribution in [2.75, 3.05) is 12.4 Å². The third kappa shape index (κ3) is 0.826. The lowest BCUT2D eigenvalue weighted by atomic mass is 10.5. The summed E-state index contributed by atoms with van der Waals surface area (Å²) in [5.41, 5.74) is 1.05. The van der Waals surface area contributed by atoms with E-state index in [2.05, 4.69) is 14.7 Å². The minimum atomic E-state index is 1.05. The fourth-order valence-corrected chi connectivity index (χ4v) is 1.95. The molecule has 11 heavy (non-hydrogen) atoms. The number of anilines is 1. The SMILES string of the molecule is CNc1c(C)nc2sccn12. The van der Waals surface area contributed by atoms with Crippen molar-refractivity contribution in [2.45, 2.75) is 6.92 Å². The topological polar surface area (TPSA) is 29.3 Å². The van der Waals surface area contributed by atoms with Gasteiger partial charge in [-0.25, -0.2) is 4.98 Å². The molecule has 0 aliphatic rings. The zero-order valence-electron chi connectivity index (χ0n) is 6.46. The molecule has 0 amide bonds. The first-order chi connectivity index (χ1) is 5.33. The lowest BCUT2D eigenvalue weighted by Crippen LogP contribution is -1.93. The number of nitrogens with zero attached hydrogens (tertiary/aromatic N) is 2. The molecule has 2 rings (SSSR count). The molecule has 58 valence electrons. The highest BCUT2D eigenvalue weighted by molar-refractivity contribution is 7.15. The number of aryl methyl sites for hydroxylation is 1. The quantitative estimate of drug-likeness (QED) is 0.701. The van der Waals surface area contributed by atoms with E-state index < -0.39 is 0 Å². The van der Waals surface area contributed by atoms with Crippen LogP contribution in [0.1, 0.15) is 5.69 Å². The number of imidazole rings is 1. The third-order valence-electron chi connectivity index (χ3n) is 1.67. The Balaban J connectivity index is 2.80. The highest BCUT2D eigenvalue weighted by atomic mass is 32.1. The molecule has 0 saturated heterocycles. The molecule has 2 heterocycles. The molecule has 2 aromatic rings. The van der Waals surface area contributed by atoms with E-state index in [9.17, 15) is 0 Å². The largest absolute Gasteiger partial charge is 0.373 e. The van der Waals surface area contributed by atoms with Crippen molar-refractivity contribution in [3.8, 4) is 0 Å². The number of nitrogens with one attached hydrogen (secondary N) is 1. The summed E-state index contributed by atoms with van der Waals surface area (Å²) < 4.78 is 2.06. The van der Waals surface area contributed by atoms with E-state index in [0.717, 1.165) is 16.5 Å². The Bertz CT molecular complexity index is 374. The summed E-state index contributed by atoms with van der Waals surface area (Å²) in [5, 5.41) is 5.14. The molecule has 0 aromatic carbocycles. The molecule has 4 heteroatoms. The molecule has 2 aromatic heterocycles. The Morgan fingerprint density at radius 1 is 1.64 bits per heavy atom. The zero-order chi connectivity index (χ0) is 7.84. The van der Waals surface area contributed by atoms with Gasteiger partial charge in [-0.2, -0.15) is 0 Å². The van der Waals surface area contributed by atoms with Crippen LogP contribution in [0.15, 0.2) is 11.6 Å². The summed E-state index contributed by atoms with van der Waals surface area (Å²) in [5.74, 6) is 1.08. The van der Waals surface area contributed by atoms with Crippen LogP contribution < -0.4 is 5.32 Å². The number of hydrogen-bond donors (Lipinski definition) is 1. The molecule has 0 unspecified atom stereocenters. The maximum Gasteiger partial charge on any atom is 0.195 e. The van der Waals surface area contributed by atoms with Gasteiger partial charge in [0.25, 0.3) is 0 Å². The Morgan fingerprint density at radius 3 is 3.18 bits per heavy atom. The van der Waals surface area contributed by atoms with E-state index in [0.29, 0.717) is 0 Å². The Hall–Kier alpha value is -1.03. The van der Waals surface area contributed by atoms with Gasteiger partial charge in [0.1, 0.15) is 5.82 Å². The van der Waals surface area contributed by atoms with Crippen LogP contribution in [0.2, 0.25) is 0 Å². The minimum Gasteiger partial charge on any atom is -0.373 e. The second kappa shape index (κ2) is 2.23. The van der Waals surface area contributed by atoms with Crippen molar-refractivity contribution in [1.29, 1.82) is 0 Å². The molecule has 0 saturated carbocycles. The van der Waals surface area contributed by atoms with Gasteiger partial charge < -0.3 is 5.32 Å². The first kappa shape index (κ1) is 6.67. The first-order valence-corrected chi connectivity index (χ1v) is 4.31. The first-order valence-electron chi connectivity index (χ1n) is 3.43. The van der Waals surface area contributed by atoms with Crippen LogP contribution in [0.25, 0.3) is 4.96 Å². The average molecular weight is 167 g/mol. The van der Waals surface area contributed by atoms with E-state index in [-0.39, 0.29) is 0 Å². The van der Waals surface area contributed by atoms with E-state index in [1.807, 2.05) is 25.5 Å². The Labute approximate surface area is 68.7 Å². The summed E-state index contributed by atoms with van der Waals surface area (Å²) in [6, 6.07) is 0. The lowest BCUT2D eigenvalue weighted by Gasteiger charge is -1.96. The van der Waals surface area contributed by atoms with Gasteiger partial charge in [0.2, 0.25) is 0 Å². The standard InChI is InChI=1S/C7H9N3S/c1-5-6(8-2)10-3-4-11-7(10)9-5/h3-4,8H,1-2H3. The average Bonchev–Trinajstić information content (AvgIpc) is 2.46. The summed E-state index contributed by atoms with van der Waals surface area (Å²) >= 11 is 1.65. The van der Waals surface area contributed by atoms with Gasteiger partial charge in [-0.1, -0.05) is 0 Å². The van der Waals surface area contributed by atoms with Crippen molar-refractivity contribution < 1.29 is 0 Å². The van der Waals surface area contributed by atoms with Crippen LogP contribution in [0.3, 0.4) is 0 Å². The molecular weight excluding hydrogens is 158 g/mol. The van der Waals surface area contributed by atoms with Crippen molar-refractivity contribution in [3.63, 3.8) is 0 Å². The molecule has 0 aliphatic heterocycles. The molecule has 3 nitrogen and oxygen atoms in total.